The van der Waals surface area contributed by atoms with Gasteiger partial charge in [0.2, 0.25) is 0 Å². The SMILES string of the molecule is O=C(c1nn([C@H]2CCCN(c3cccnc3)C2)c2c1CS(=O)(=O)c1ccccc1-2)N1CCOCC1. The van der Waals surface area contributed by atoms with Crippen LogP contribution in [0, 0.1) is 0 Å². The number of pyridine rings is 1. The number of sulfone groups is 1. The molecule has 2 fully saturated rings. The van der Waals surface area contributed by atoms with Crippen LogP contribution in [0.3, 0.4) is 0 Å². The number of hydrogen-bond donors (Lipinski definition) is 0. The number of rotatable bonds is 3. The zero-order valence-corrected chi connectivity index (χ0v) is 20.2. The Morgan fingerprint density at radius 2 is 1.89 bits per heavy atom. The quantitative estimate of drug-likeness (QED) is 0.553. The zero-order chi connectivity index (χ0) is 24.0. The van der Waals surface area contributed by atoms with Crippen molar-refractivity contribution in [2.45, 2.75) is 29.5 Å². The van der Waals surface area contributed by atoms with Gasteiger partial charge < -0.3 is 14.5 Å². The number of aromatic nitrogens is 3. The van der Waals surface area contributed by atoms with E-state index in [-0.39, 0.29) is 23.4 Å². The molecular formula is C25H27N5O4S. The number of hydrogen-bond acceptors (Lipinski definition) is 7. The van der Waals surface area contributed by atoms with E-state index in [2.05, 4.69) is 9.88 Å². The molecule has 0 spiro atoms. The summed E-state index contributed by atoms with van der Waals surface area (Å²) in [6, 6.07) is 11.0. The molecular weight excluding hydrogens is 466 g/mol. The second kappa shape index (κ2) is 8.76. The molecule has 0 bridgehead atoms. The summed E-state index contributed by atoms with van der Waals surface area (Å²) in [5.41, 5.74) is 3.19. The fourth-order valence-electron chi connectivity index (χ4n) is 5.37. The largest absolute Gasteiger partial charge is 0.378 e. The second-order valence-corrected chi connectivity index (χ2v) is 11.2. The standard InChI is InChI=1S/C25H27N5O4S/c31-25(28-11-13-34-14-12-28)23-21-17-35(32,33)22-8-2-1-7-20(22)24(21)30(27-23)19-6-4-10-29(16-19)18-5-3-9-26-15-18/h1-3,5,7-9,15,19H,4,6,10-14,16-17H2/t19-/m0/s1. The second-order valence-electron chi connectivity index (χ2n) is 9.23. The van der Waals surface area contributed by atoms with E-state index in [9.17, 15) is 13.2 Å². The first-order valence-electron chi connectivity index (χ1n) is 12.0. The van der Waals surface area contributed by atoms with Gasteiger partial charge in [0.15, 0.2) is 15.5 Å². The Hall–Kier alpha value is -3.24. The first kappa shape index (κ1) is 22.2. The van der Waals surface area contributed by atoms with Crippen LogP contribution in [0.15, 0.2) is 53.7 Å². The van der Waals surface area contributed by atoms with E-state index in [1.807, 2.05) is 35.1 Å². The molecule has 0 radical (unpaired) electrons. The molecule has 9 nitrogen and oxygen atoms in total. The number of amides is 1. The minimum absolute atomic E-state index is 0.00203. The Morgan fingerprint density at radius 3 is 2.69 bits per heavy atom. The zero-order valence-electron chi connectivity index (χ0n) is 19.3. The lowest BCUT2D eigenvalue weighted by atomic mass is 10.0. The van der Waals surface area contributed by atoms with Gasteiger partial charge in [-0.1, -0.05) is 18.2 Å². The minimum Gasteiger partial charge on any atom is -0.378 e. The first-order chi connectivity index (χ1) is 17.0. The van der Waals surface area contributed by atoms with Crippen molar-refractivity contribution in [1.29, 1.82) is 0 Å². The number of anilines is 1. The monoisotopic (exact) mass is 493 g/mol. The van der Waals surface area contributed by atoms with E-state index >= 15 is 0 Å². The maximum atomic E-state index is 13.6. The number of fused-ring (bicyclic) bond motifs is 3. The van der Waals surface area contributed by atoms with Crippen molar-refractivity contribution < 1.29 is 17.9 Å². The summed E-state index contributed by atoms with van der Waals surface area (Å²) >= 11 is 0. The fraction of sp³-hybridized carbons (Fsp3) is 0.400. The highest BCUT2D eigenvalue weighted by molar-refractivity contribution is 7.90. The minimum atomic E-state index is -3.58. The molecule has 0 saturated carbocycles. The van der Waals surface area contributed by atoms with Crippen LogP contribution in [0.25, 0.3) is 11.3 Å². The van der Waals surface area contributed by atoms with Crippen molar-refractivity contribution in [3.8, 4) is 11.3 Å². The van der Waals surface area contributed by atoms with Crippen molar-refractivity contribution in [3.63, 3.8) is 0 Å². The number of piperidine rings is 1. The van der Waals surface area contributed by atoms with E-state index in [0.717, 1.165) is 30.8 Å². The van der Waals surface area contributed by atoms with Crippen LogP contribution in [0.4, 0.5) is 5.69 Å². The van der Waals surface area contributed by atoms with Gasteiger partial charge in [-0.15, -0.1) is 0 Å². The lowest BCUT2D eigenvalue weighted by molar-refractivity contribution is 0.0297. The molecule has 1 aromatic carbocycles. The van der Waals surface area contributed by atoms with Gasteiger partial charge in [0.05, 0.1) is 47.5 Å². The summed E-state index contributed by atoms with van der Waals surface area (Å²) in [5, 5.41) is 4.86. The highest BCUT2D eigenvalue weighted by Crippen LogP contribution is 2.42. The van der Waals surface area contributed by atoms with Crippen LogP contribution in [0.5, 0.6) is 0 Å². The summed E-state index contributed by atoms with van der Waals surface area (Å²) < 4.78 is 33.8. The molecule has 0 unspecified atom stereocenters. The Kier molecular flexibility index (Phi) is 5.57. The molecule has 182 valence electrons. The van der Waals surface area contributed by atoms with Crippen LogP contribution >= 0.6 is 0 Å². The number of ether oxygens (including phenoxy) is 1. The van der Waals surface area contributed by atoms with Crippen molar-refractivity contribution in [2.75, 3.05) is 44.3 Å². The van der Waals surface area contributed by atoms with Gasteiger partial charge in [0.1, 0.15) is 0 Å². The van der Waals surface area contributed by atoms with Crippen molar-refractivity contribution in [1.82, 2.24) is 19.7 Å². The smallest absolute Gasteiger partial charge is 0.274 e. The molecule has 3 aromatic rings. The third kappa shape index (κ3) is 3.90. The van der Waals surface area contributed by atoms with Crippen molar-refractivity contribution in [2.24, 2.45) is 0 Å². The van der Waals surface area contributed by atoms with Crippen LogP contribution in [-0.4, -0.2) is 73.4 Å². The Bertz CT molecular complexity index is 1370. The van der Waals surface area contributed by atoms with Gasteiger partial charge in [0.25, 0.3) is 5.91 Å². The van der Waals surface area contributed by atoms with Crippen LogP contribution in [-0.2, 0) is 20.3 Å². The summed E-state index contributed by atoms with van der Waals surface area (Å²) in [5.74, 6) is -0.443. The molecule has 1 atom stereocenters. The molecule has 5 heterocycles. The molecule has 1 amide bonds. The summed E-state index contributed by atoms with van der Waals surface area (Å²) in [4.78, 5) is 22.1. The predicted molar refractivity (Wildman–Crippen MR) is 130 cm³/mol. The molecule has 0 N–H and O–H groups in total. The molecule has 2 saturated heterocycles. The Morgan fingerprint density at radius 1 is 1.06 bits per heavy atom. The lowest BCUT2D eigenvalue weighted by Crippen LogP contribution is -2.41. The average molecular weight is 494 g/mol. The number of benzene rings is 1. The van der Waals surface area contributed by atoms with E-state index in [1.165, 1.54) is 0 Å². The molecule has 0 aliphatic carbocycles. The first-order valence-corrected chi connectivity index (χ1v) is 13.6. The van der Waals surface area contributed by atoms with Crippen LogP contribution in [0.2, 0.25) is 0 Å². The topological polar surface area (TPSA) is 97.6 Å². The molecule has 35 heavy (non-hydrogen) atoms. The van der Waals surface area contributed by atoms with E-state index in [1.54, 1.807) is 23.2 Å². The summed E-state index contributed by atoms with van der Waals surface area (Å²) in [6.45, 7) is 3.51. The van der Waals surface area contributed by atoms with Crippen LogP contribution < -0.4 is 4.90 Å². The number of carbonyl (C=O) groups excluding carboxylic acids is 1. The van der Waals surface area contributed by atoms with Gasteiger partial charge in [-0.05, 0) is 31.0 Å². The van der Waals surface area contributed by atoms with Crippen molar-refractivity contribution >= 4 is 21.4 Å². The third-order valence-electron chi connectivity index (χ3n) is 7.07. The molecule has 2 aromatic heterocycles. The van der Waals surface area contributed by atoms with Gasteiger partial charge >= 0.3 is 0 Å². The van der Waals surface area contributed by atoms with Gasteiger partial charge in [-0.3, -0.25) is 14.5 Å². The number of morpholine rings is 1. The van der Waals surface area contributed by atoms with Gasteiger partial charge in [0, 0.05) is 43.5 Å². The molecule has 10 heteroatoms. The predicted octanol–water partition coefficient (Wildman–Crippen LogP) is 2.55. The highest BCUT2D eigenvalue weighted by atomic mass is 32.2. The van der Waals surface area contributed by atoms with E-state index < -0.39 is 9.84 Å². The van der Waals surface area contributed by atoms with E-state index in [0.29, 0.717) is 48.9 Å². The normalized spacial score (nSPS) is 21.3. The summed E-state index contributed by atoms with van der Waals surface area (Å²) in [6.07, 6.45) is 5.47. The highest BCUT2D eigenvalue weighted by Gasteiger charge is 2.39. The van der Waals surface area contributed by atoms with Crippen molar-refractivity contribution in [3.05, 3.63) is 60.0 Å². The van der Waals surface area contributed by atoms with Crippen LogP contribution in [0.1, 0.15) is 34.9 Å². The van der Waals surface area contributed by atoms with Gasteiger partial charge in [-0.2, -0.15) is 5.10 Å². The van der Waals surface area contributed by atoms with Gasteiger partial charge in [-0.25, -0.2) is 8.42 Å². The lowest BCUT2D eigenvalue weighted by Gasteiger charge is -2.35. The molecule has 6 rings (SSSR count). The molecule has 3 aliphatic heterocycles. The fourth-order valence-corrected chi connectivity index (χ4v) is 6.97. The average Bonchev–Trinajstić information content (AvgIpc) is 3.28. The third-order valence-corrected chi connectivity index (χ3v) is 8.77. The number of nitrogens with zero attached hydrogens (tertiary/aromatic N) is 5. The maximum absolute atomic E-state index is 13.6. The Balaban J connectivity index is 1.47. The van der Waals surface area contributed by atoms with E-state index in [4.69, 9.17) is 9.84 Å². The summed E-state index contributed by atoms with van der Waals surface area (Å²) in [7, 11) is -3.58. The maximum Gasteiger partial charge on any atom is 0.274 e. The Labute approximate surface area is 204 Å². The molecule has 3 aliphatic rings. The number of carbonyl (C=O) groups is 1.